The lowest BCUT2D eigenvalue weighted by Gasteiger charge is -2.12. The van der Waals surface area contributed by atoms with Crippen LogP contribution in [0.5, 0.6) is 5.75 Å². The van der Waals surface area contributed by atoms with Crippen LogP contribution in [0.1, 0.15) is 28.8 Å². The molecule has 0 atom stereocenters. The first-order valence-corrected chi connectivity index (χ1v) is 13.3. The third kappa shape index (κ3) is 6.66. The minimum Gasteiger partial charge on any atom is -0.494 e. The summed E-state index contributed by atoms with van der Waals surface area (Å²) in [6.45, 7) is 0.647. The Morgan fingerprint density at radius 2 is 1.55 bits per heavy atom. The summed E-state index contributed by atoms with van der Waals surface area (Å²) in [5, 5.41) is 17.4. The molecule has 190 valence electrons. The van der Waals surface area contributed by atoms with Gasteiger partial charge in [0.05, 0.1) is 12.3 Å². The zero-order valence-corrected chi connectivity index (χ0v) is 21.5. The molecule has 4 aromatic carbocycles. The molecule has 2 N–H and O–H groups in total. The lowest BCUT2D eigenvalue weighted by Crippen LogP contribution is -2.12. The number of ether oxygens (including phenoxy) is 1. The molecule has 8 heteroatoms. The van der Waals surface area contributed by atoms with Crippen molar-refractivity contribution in [3.05, 3.63) is 114 Å². The molecule has 5 aromatic rings. The Bertz CT molecular complexity index is 1460. The lowest BCUT2D eigenvalue weighted by atomic mass is 10.1. The summed E-state index contributed by atoms with van der Waals surface area (Å²) in [4.78, 5) is 14.9. The number of aromatic nitrogens is 4. The van der Waals surface area contributed by atoms with Crippen molar-refractivity contribution < 1.29 is 9.53 Å². The van der Waals surface area contributed by atoms with Gasteiger partial charge >= 0.3 is 0 Å². The van der Waals surface area contributed by atoms with Crippen LogP contribution in [-0.2, 0) is 6.42 Å². The second-order valence-corrected chi connectivity index (χ2v) is 9.68. The number of aryl methyl sites for hydroxylation is 1. The van der Waals surface area contributed by atoms with Crippen molar-refractivity contribution in [2.24, 2.45) is 0 Å². The molecule has 0 fully saturated rings. The summed E-state index contributed by atoms with van der Waals surface area (Å²) in [5.74, 6) is 1.10. The molecular formula is C30H27N5O2S. The van der Waals surface area contributed by atoms with Crippen molar-refractivity contribution in [2.75, 3.05) is 11.9 Å². The molecule has 1 amide bonds. The van der Waals surface area contributed by atoms with Gasteiger partial charge in [0.15, 0.2) is 0 Å². The van der Waals surface area contributed by atoms with Gasteiger partial charge in [-0.1, -0.05) is 66.4 Å². The smallest absolute Gasteiger partial charge is 0.255 e. The van der Waals surface area contributed by atoms with E-state index in [2.05, 4.69) is 50.2 Å². The number of carbonyl (C=O) groups excluding carboxylic acids is 1. The summed E-state index contributed by atoms with van der Waals surface area (Å²) in [5.41, 5.74) is 3.50. The van der Waals surface area contributed by atoms with E-state index in [1.165, 1.54) is 17.3 Å². The first kappa shape index (κ1) is 25.2. The van der Waals surface area contributed by atoms with Gasteiger partial charge in [0.25, 0.3) is 5.91 Å². The number of unbranched alkanes of at least 4 members (excludes halogenated alkanes) is 1. The molecule has 0 spiro atoms. The number of aromatic amines is 1. The van der Waals surface area contributed by atoms with Gasteiger partial charge < -0.3 is 10.1 Å². The number of hydrogen-bond donors (Lipinski definition) is 2. The van der Waals surface area contributed by atoms with Crippen molar-refractivity contribution in [3.8, 4) is 17.1 Å². The van der Waals surface area contributed by atoms with Gasteiger partial charge in [-0.15, -0.1) is 10.2 Å². The maximum atomic E-state index is 13.0. The Kier molecular flexibility index (Phi) is 8.43. The van der Waals surface area contributed by atoms with Crippen LogP contribution in [0.4, 0.5) is 5.69 Å². The average molecular weight is 522 g/mol. The van der Waals surface area contributed by atoms with Gasteiger partial charge in [-0.3, -0.25) is 4.79 Å². The topological polar surface area (TPSA) is 92.8 Å². The molecule has 0 aliphatic carbocycles. The fourth-order valence-electron chi connectivity index (χ4n) is 3.96. The Morgan fingerprint density at radius 3 is 2.34 bits per heavy atom. The number of para-hydroxylation sites is 1. The number of anilines is 1. The highest BCUT2D eigenvalue weighted by molar-refractivity contribution is 7.99. The molecule has 7 nitrogen and oxygen atoms in total. The number of nitrogens with zero attached hydrogens (tertiary/aromatic N) is 3. The second kappa shape index (κ2) is 12.7. The number of hydrogen-bond acceptors (Lipinski definition) is 6. The van der Waals surface area contributed by atoms with Gasteiger partial charge in [-0.2, -0.15) is 5.21 Å². The molecule has 5 rings (SSSR count). The number of benzene rings is 4. The summed E-state index contributed by atoms with van der Waals surface area (Å²) < 4.78 is 5.87. The normalized spacial score (nSPS) is 10.7. The van der Waals surface area contributed by atoms with E-state index in [0.29, 0.717) is 18.0 Å². The van der Waals surface area contributed by atoms with E-state index >= 15 is 0 Å². The molecule has 0 aliphatic rings. The van der Waals surface area contributed by atoms with E-state index in [1.54, 1.807) is 12.1 Å². The molecule has 0 unspecified atom stereocenters. The average Bonchev–Trinajstić information content (AvgIpc) is 3.50. The predicted octanol–water partition coefficient (Wildman–Crippen LogP) is 6.67. The number of H-pyrrole nitrogens is 1. The van der Waals surface area contributed by atoms with Crippen LogP contribution in [0.2, 0.25) is 0 Å². The number of carbonyl (C=O) groups is 1. The van der Waals surface area contributed by atoms with E-state index in [-0.39, 0.29) is 5.91 Å². The Morgan fingerprint density at radius 1 is 0.816 bits per heavy atom. The molecule has 1 heterocycles. The molecule has 0 radical (unpaired) electrons. The van der Waals surface area contributed by atoms with Crippen molar-refractivity contribution in [1.29, 1.82) is 0 Å². The van der Waals surface area contributed by atoms with E-state index in [4.69, 9.17) is 4.74 Å². The molecule has 0 saturated carbocycles. The summed E-state index contributed by atoms with van der Waals surface area (Å²) in [6.07, 6.45) is 3.09. The fraction of sp³-hybridized carbons (Fsp3) is 0.133. The van der Waals surface area contributed by atoms with Crippen LogP contribution in [-0.4, -0.2) is 33.1 Å². The maximum Gasteiger partial charge on any atom is 0.255 e. The summed E-state index contributed by atoms with van der Waals surface area (Å²) in [7, 11) is 0. The zero-order valence-electron chi connectivity index (χ0n) is 20.7. The monoisotopic (exact) mass is 521 g/mol. The molecule has 1 aromatic heterocycles. The van der Waals surface area contributed by atoms with Crippen LogP contribution in [0.15, 0.2) is 113 Å². The van der Waals surface area contributed by atoms with Crippen LogP contribution in [0, 0.1) is 0 Å². The largest absolute Gasteiger partial charge is 0.494 e. The molecule has 0 bridgehead atoms. The van der Waals surface area contributed by atoms with E-state index < -0.39 is 0 Å². The highest BCUT2D eigenvalue weighted by Crippen LogP contribution is 2.38. The van der Waals surface area contributed by atoms with E-state index in [0.717, 1.165) is 46.1 Å². The number of tetrazole rings is 1. The van der Waals surface area contributed by atoms with Crippen LogP contribution < -0.4 is 10.1 Å². The predicted molar refractivity (Wildman–Crippen MR) is 149 cm³/mol. The van der Waals surface area contributed by atoms with Gasteiger partial charge in [0, 0.05) is 20.9 Å². The maximum absolute atomic E-state index is 13.0. The highest BCUT2D eigenvalue weighted by atomic mass is 32.2. The minimum atomic E-state index is -0.182. The third-order valence-electron chi connectivity index (χ3n) is 5.92. The number of nitrogens with one attached hydrogen (secondary N) is 2. The number of amides is 1. The highest BCUT2D eigenvalue weighted by Gasteiger charge is 2.14. The molecule has 0 aliphatic heterocycles. The fourth-order valence-corrected chi connectivity index (χ4v) is 4.98. The lowest BCUT2D eigenvalue weighted by molar-refractivity contribution is 0.102. The van der Waals surface area contributed by atoms with Crippen LogP contribution >= 0.6 is 11.8 Å². The van der Waals surface area contributed by atoms with Crippen LogP contribution in [0.3, 0.4) is 0 Å². The number of rotatable bonds is 11. The van der Waals surface area contributed by atoms with Crippen molar-refractivity contribution in [3.63, 3.8) is 0 Å². The first-order valence-electron chi connectivity index (χ1n) is 12.4. The molecule has 0 saturated heterocycles. The Balaban J connectivity index is 1.17. The van der Waals surface area contributed by atoms with E-state index in [1.807, 2.05) is 66.7 Å². The molecule has 38 heavy (non-hydrogen) atoms. The minimum absolute atomic E-state index is 0.182. The SMILES string of the molecule is O=C(Nc1ccccc1Sc1ccccc1-c1nn[nH]n1)c1ccc(OCCCCc2ccccc2)cc1. The quantitative estimate of drug-likeness (QED) is 0.189. The second-order valence-electron chi connectivity index (χ2n) is 8.60. The van der Waals surface area contributed by atoms with Gasteiger partial charge in [-0.05, 0) is 78.6 Å². The Hall–Kier alpha value is -4.43. The Labute approximate surface area is 225 Å². The summed E-state index contributed by atoms with van der Waals surface area (Å²) >= 11 is 1.53. The first-order chi connectivity index (χ1) is 18.8. The summed E-state index contributed by atoms with van der Waals surface area (Å²) in [6, 6.07) is 33.3. The van der Waals surface area contributed by atoms with Crippen LogP contribution in [0.25, 0.3) is 11.4 Å². The third-order valence-corrected chi connectivity index (χ3v) is 7.07. The van der Waals surface area contributed by atoms with Gasteiger partial charge in [-0.25, -0.2) is 0 Å². The van der Waals surface area contributed by atoms with E-state index in [9.17, 15) is 4.79 Å². The van der Waals surface area contributed by atoms with Gasteiger partial charge in [0.2, 0.25) is 5.82 Å². The van der Waals surface area contributed by atoms with Crippen molar-refractivity contribution in [2.45, 2.75) is 29.1 Å². The van der Waals surface area contributed by atoms with Gasteiger partial charge in [0.1, 0.15) is 5.75 Å². The zero-order chi connectivity index (χ0) is 26.0. The molecular weight excluding hydrogens is 494 g/mol. The van der Waals surface area contributed by atoms with Crippen molar-refractivity contribution in [1.82, 2.24) is 20.6 Å². The standard InChI is InChI=1S/C30H27N5O2S/c36-30(23-17-19-24(20-18-23)37-21-9-8-12-22-10-2-1-3-11-22)31-26-14-5-7-16-28(26)38-27-15-6-4-13-25(27)29-32-34-35-33-29/h1-7,10-11,13-20H,8-9,12,21H2,(H,31,36)(H,32,33,34,35). The van der Waals surface area contributed by atoms with Crippen molar-refractivity contribution >= 4 is 23.4 Å².